The number of anilines is 2. The van der Waals surface area contributed by atoms with Crippen molar-refractivity contribution in [2.75, 3.05) is 17.2 Å². The van der Waals surface area contributed by atoms with E-state index in [1.165, 1.54) is 16.8 Å². The molecule has 1 aliphatic rings. The highest BCUT2D eigenvalue weighted by Crippen LogP contribution is 2.31. The maximum Gasteiger partial charge on any atom is 0.269 e. The number of carbonyl (C=O) groups is 2. The summed E-state index contributed by atoms with van der Waals surface area (Å²) in [5, 5.41) is 13.2. The van der Waals surface area contributed by atoms with Crippen molar-refractivity contribution in [2.24, 2.45) is 0 Å². The fourth-order valence-corrected chi connectivity index (χ4v) is 2.91. The molecule has 3 aromatic rings. The summed E-state index contributed by atoms with van der Waals surface area (Å²) in [6.45, 7) is 0.130. The summed E-state index contributed by atoms with van der Waals surface area (Å²) in [5.74, 6) is 0.528. The largest absolute Gasteiger partial charge is 0.485 e. The van der Waals surface area contributed by atoms with Gasteiger partial charge in [0.1, 0.15) is 12.1 Å². The van der Waals surface area contributed by atoms with Crippen molar-refractivity contribution in [1.82, 2.24) is 10.2 Å². The van der Waals surface area contributed by atoms with Crippen LogP contribution in [0, 0.1) is 0 Å². The van der Waals surface area contributed by atoms with Crippen molar-refractivity contribution in [3.8, 4) is 11.5 Å². The van der Waals surface area contributed by atoms with E-state index in [-0.39, 0.29) is 18.4 Å². The standard InChI is InChI=1S/C18H14N4O4S/c23-16(21-18-22-19-10-27-18)11-5-7-12(8-6-11)20-17(24)15-9-25-13-3-1-2-4-14(13)26-15/h1-8,10,15H,9H2,(H,20,24)(H,21,22,23). The summed E-state index contributed by atoms with van der Waals surface area (Å²) < 4.78 is 11.2. The van der Waals surface area contributed by atoms with Gasteiger partial charge in [0.15, 0.2) is 11.5 Å². The number of carbonyl (C=O) groups excluding carboxylic acids is 2. The molecule has 0 spiro atoms. The van der Waals surface area contributed by atoms with E-state index in [9.17, 15) is 9.59 Å². The van der Waals surface area contributed by atoms with Gasteiger partial charge in [0.25, 0.3) is 11.8 Å². The molecule has 2 N–H and O–H groups in total. The minimum atomic E-state index is -0.750. The van der Waals surface area contributed by atoms with Crippen molar-refractivity contribution >= 4 is 34.0 Å². The molecular formula is C18H14N4O4S. The van der Waals surface area contributed by atoms with E-state index in [2.05, 4.69) is 20.8 Å². The zero-order valence-corrected chi connectivity index (χ0v) is 14.7. The Labute approximate surface area is 158 Å². The summed E-state index contributed by atoms with van der Waals surface area (Å²) in [6, 6.07) is 13.7. The van der Waals surface area contributed by atoms with Gasteiger partial charge in [0, 0.05) is 11.3 Å². The van der Waals surface area contributed by atoms with E-state index in [1.807, 2.05) is 12.1 Å². The highest BCUT2D eigenvalue weighted by Gasteiger charge is 2.27. The monoisotopic (exact) mass is 382 g/mol. The number of nitrogens with one attached hydrogen (secondary N) is 2. The topological polar surface area (TPSA) is 102 Å². The van der Waals surface area contributed by atoms with Crippen LogP contribution in [0.4, 0.5) is 10.8 Å². The third kappa shape index (κ3) is 3.87. The molecule has 0 fully saturated rings. The molecule has 1 aliphatic heterocycles. The lowest BCUT2D eigenvalue weighted by Gasteiger charge is -2.25. The molecule has 9 heteroatoms. The highest BCUT2D eigenvalue weighted by molar-refractivity contribution is 7.13. The van der Waals surface area contributed by atoms with E-state index >= 15 is 0 Å². The molecule has 27 heavy (non-hydrogen) atoms. The summed E-state index contributed by atoms with van der Waals surface area (Å²) >= 11 is 1.23. The van der Waals surface area contributed by atoms with Crippen LogP contribution in [-0.2, 0) is 4.79 Å². The van der Waals surface area contributed by atoms with Gasteiger partial charge in [-0.15, -0.1) is 10.2 Å². The van der Waals surface area contributed by atoms with Gasteiger partial charge in [-0.2, -0.15) is 0 Å². The summed E-state index contributed by atoms with van der Waals surface area (Å²) in [5.41, 5.74) is 2.52. The van der Waals surface area contributed by atoms with Crippen molar-refractivity contribution in [1.29, 1.82) is 0 Å². The van der Waals surface area contributed by atoms with Crippen LogP contribution >= 0.6 is 11.3 Å². The molecular weight excluding hydrogens is 368 g/mol. The Morgan fingerprint density at radius 3 is 2.56 bits per heavy atom. The Morgan fingerprint density at radius 2 is 1.81 bits per heavy atom. The van der Waals surface area contributed by atoms with Crippen LogP contribution in [0.1, 0.15) is 10.4 Å². The van der Waals surface area contributed by atoms with Crippen molar-refractivity contribution in [2.45, 2.75) is 6.10 Å². The van der Waals surface area contributed by atoms with E-state index in [0.717, 1.165) is 0 Å². The van der Waals surface area contributed by atoms with Crippen LogP contribution in [0.2, 0.25) is 0 Å². The molecule has 136 valence electrons. The molecule has 2 amide bonds. The van der Waals surface area contributed by atoms with Crippen LogP contribution in [0.15, 0.2) is 54.0 Å². The van der Waals surface area contributed by atoms with Gasteiger partial charge in [0.2, 0.25) is 11.2 Å². The third-order valence-corrected chi connectivity index (χ3v) is 4.40. The van der Waals surface area contributed by atoms with Gasteiger partial charge in [-0.25, -0.2) is 0 Å². The van der Waals surface area contributed by atoms with E-state index in [1.54, 1.807) is 36.4 Å². The van der Waals surface area contributed by atoms with Gasteiger partial charge in [-0.1, -0.05) is 23.5 Å². The maximum atomic E-state index is 12.4. The summed E-state index contributed by atoms with van der Waals surface area (Å²) in [6.07, 6.45) is -0.750. The van der Waals surface area contributed by atoms with Crippen LogP contribution < -0.4 is 20.1 Å². The Balaban J connectivity index is 1.37. The predicted molar refractivity (Wildman–Crippen MR) is 99.3 cm³/mol. The molecule has 0 saturated heterocycles. The van der Waals surface area contributed by atoms with Crippen LogP contribution in [0.5, 0.6) is 11.5 Å². The first-order chi connectivity index (χ1) is 13.2. The quantitative estimate of drug-likeness (QED) is 0.719. The van der Waals surface area contributed by atoms with Gasteiger partial charge in [0.05, 0.1) is 0 Å². The molecule has 2 aromatic carbocycles. The Kier molecular flexibility index (Phi) is 4.67. The molecule has 1 unspecified atom stereocenters. The number of para-hydroxylation sites is 2. The van der Waals surface area contributed by atoms with Crippen molar-refractivity contribution < 1.29 is 19.1 Å². The first-order valence-electron chi connectivity index (χ1n) is 8.06. The SMILES string of the molecule is O=C(Nc1nncs1)c1ccc(NC(=O)C2COc3ccccc3O2)cc1. The average molecular weight is 382 g/mol. The number of amides is 2. The van der Waals surface area contributed by atoms with Crippen molar-refractivity contribution in [3.63, 3.8) is 0 Å². The van der Waals surface area contributed by atoms with E-state index in [0.29, 0.717) is 27.9 Å². The highest BCUT2D eigenvalue weighted by atomic mass is 32.1. The fourth-order valence-electron chi connectivity index (χ4n) is 2.47. The number of aromatic nitrogens is 2. The number of benzene rings is 2. The van der Waals surface area contributed by atoms with E-state index in [4.69, 9.17) is 9.47 Å². The minimum Gasteiger partial charge on any atom is -0.485 e. The molecule has 8 nitrogen and oxygen atoms in total. The second-order valence-corrected chi connectivity index (χ2v) is 6.46. The predicted octanol–water partition coefficient (Wildman–Crippen LogP) is 2.57. The lowest BCUT2D eigenvalue weighted by molar-refractivity contribution is -0.125. The first-order valence-corrected chi connectivity index (χ1v) is 8.94. The van der Waals surface area contributed by atoms with Gasteiger partial charge < -0.3 is 14.8 Å². The normalized spacial score (nSPS) is 15.0. The third-order valence-electron chi connectivity index (χ3n) is 3.80. The number of ether oxygens (including phenoxy) is 2. The number of rotatable bonds is 4. The van der Waals surface area contributed by atoms with Gasteiger partial charge in [-0.05, 0) is 36.4 Å². The van der Waals surface area contributed by atoms with Crippen molar-refractivity contribution in [3.05, 3.63) is 59.6 Å². The Hall–Kier alpha value is -3.46. The lowest BCUT2D eigenvalue weighted by Crippen LogP contribution is -2.40. The Bertz CT molecular complexity index is 960. The molecule has 0 bridgehead atoms. The average Bonchev–Trinajstić information content (AvgIpc) is 3.21. The number of nitrogens with zero attached hydrogens (tertiary/aromatic N) is 2. The zero-order valence-electron chi connectivity index (χ0n) is 13.9. The molecule has 2 heterocycles. The summed E-state index contributed by atoms with van der Waals surface area (Å²) in [4.78, 5) is 24.5. The minimum absolute atomic E-state index is 0.130. The second-order valence-electron chi connectivity index (χ2n) is 5.63. The molecule has 1 aromatic heterocycles. The number of hydrogen-bond donors (Lipinski definition) is 2. The number of hydrogen-bond acceptors (Lipinski definition) is 7. The molecule has 0 radical (unpaired) electrons. The molecule has 0 aliphatic carbocycles. The summed E-state index contributed by atoms with van der Waals surface area (Å²) in [7, 11) is 0. The smallest absolute Gasteiger partial charge is 0.269 e. The maximum absolute atomic E-state index is 12.4. The van der Waals surface area contributed by atoms with Crippen LogP contribution in [0.3, 0.4) is 0 Å². The fraction of sp³-hybridized carbons (Fsp3) is 0.111. The van der Waals surface area contributed by atoms with Gasteiger partial charge >= 0.3 is 0 Å². The first kappa shape index (κ1) is 17.0. The molecule has 0 saturated carbocycles. The van der Waals surface area contributed by atoms with Crippen LogP contribution in [-0.4, -0.2) is 34.7 Å². The molecule has 1 atom stereocenters. The lowest BCUT2D eigenvalue weighted by atomic mass is 10.2. The molecule has 4 rings (SSSR count). The van der Waals surface area contributed by atoms with E-state index < -0.39 is 6.10 Å². The second kappa shape index (κ2) is 7.42. The zero-order chi connectivity index (χ0) is 18.6. The Morgan fingerprint density at radius 1 is 1.04 bits per heavy atom. The van der Waals surface area contributed by atoms with Crippen LogP contribution in [0.25, 0.3) is 0 Å². The number of fused-ring (bicyclic) bond motifs is 1. The van der Waals surface area contributed by atoms with Gasteiger partial charge in [-0.3, -0.25) is 14.9 Å².